The number of thiophene rings is 1. The Hall–Kier alpha value is -0.670. The topological polar surface area (TPSA) is 25.8 Å². The van der Waals surface area contributed by atoms with Gasteiger partial charge in [0.25, 0.3) is 0 Å². The predicted molar refractivity (Wildman–Crippen MR) is 61.3 cm³/mol. The minimum atomic E-state index is 0.591. The highest BCUT2D eigenvalue weighted by Crippen LogP contribution is 2.33. The average molecular weight is 227 g/mol. The minimum Gasteiger partial charge on any atom is -0.222 e. The molecule has 0 fully saturated rings. The van der Waals surface area contributed by atoms with Crippen molar-refractivity contribution in [1.29, 1.82) is 0 Å². The second-order valence-corrected chi connectivity index (χ2v) is 4.79. The van der Waals surface area contributed by atoms with Gasteiger partial charge in [-0.05, 0) is 25.8 Å². The highest BCUT2D eigenvalue weighted by Gasteiger charge is 2.13. The zero-order chi connectivity index (χ0) is 10.3. The van der Waals surface area contributed by atoms with Gasteiger partial charge in [-0.2, -0.15) is 0 Å². The molecule has 0 aliphatic rings. The van der Waals surface area contributed by atoms with Crippen molar-refractivity contribution >= 4 is 33.2 Å². The van der Waals surface area contributed by atoms with E-state index in [1.165, 1.54) is 10.4 Å². The third-order valence-electron chi connectivity index (χ3n) is 2.27. The number of hydrogen-bond acceptors (Lipinski definition) is 3. The van der Waals surface area contributed by atoms with Crippen LogP contribution in [0.15, 0.2) is 0 Å². The first-order chi connectivity index (χ1) is 6.63. The number of fused-ring (bicyclic) bond motifs is 1. The molecule has 2 nitrogen and oxygen atoms in total. The molecule has 4 heteroatoms. The van der Waals surface area contributed by atoms with Crippen LogP contribution in [0.1, 0.15) is 23.2 Å². The molecule has 2 aromatic heterocycles. The van der Waals surface area contributed by atoms with Crippen molar-refractivity contribution in [2.75, 3.05) is 0 Å². The molecule has 0 radical (unpaired) electrons. The fraction of sp³-hybridized carbons (Fsp3) is 0.400. The van der Waals surface area contributed by atoms with Crippen molar-refractivity contribution < 1.29 is 0 Å². The second-order valence-electron chi connectivity index (χ2n) is 3.23. The summed E-state index contributed by atoms with van der Waals surface area (Å²) in [5.41, 5.74) is 1.29. The summed E-state index contributed by atoms with van der Waals surface area (Å²) in [6.07, 6.45) is 0.984. The second kappa shape index (κ2) is 3.48. The summed E-state index contributed by atoms with van der Waals surface area (Å²) >= 11 is 7.81. The van der Waals surface area contributed by atoms with Gasteiger partial charge in [-0.25, -0.2) is 9.97 Å². The Bertz CT molecular complexity index is 490. The molecule has 0 atom stereocenters. The third kappa shape index (κ3) is 1.41. The average Bonchev–Trinajstić information content (AvgIpc) is 2.40. The molecule has 0 saturated heterocycles. The molecule has 0 N–H and O–H groups in total. The Morgan fingerprint density at radius 1 is 1.29 bits per heavy atom. The van der Waals surface area contributed by atoms with E-state index in [2.05, 4.69) is 23.8 Å². The normalized spacial score (nSPS) is 11.1. The Balaban J connectivity index is 2.88. The summed E-state index contributed by atoms with van der Waals surface area (Å²) in [5.74, 6) is 0.742. The van der Waals surface area contributed by atoms with Gasteiger partial charge in [0.15, 0.2) is 0 Å². The largest absolute Gasteiger partial charge is 0.222 e. The fourth-order valence-electron chi connectivity index (χ4n) is 1.65. The Morgan fingerprint density at radius 2 is 2.00 bits per heavy atom. The van der Waals surface area contributed by atoms with Crippen molar-refractivity contribution in [3.63, 3.8) is 0 Å². The van der Waals surface area contributed by atoms with E-state index in [1.807, 2.05) is 6.92 Å². The number of hydrogen-bond donors (Lipinski definition) is 0. The van der Waals surface area contributed by atoms with E-state index >= 15 is 0 Å². The van der Waals surface area contributed by atoms with Gasteiger partial charge in [0.2, 0.25) is 0 Å². The summed E-state index contributed by atoms with van der Waals surface area (Å²) in [6, 6.07) is 0. The van der Waals surface area contributed by atoms with E-state index in [-0.39, 0.29) is 0 Å². The molecule has 74 valence electrons. The summed E-state index contributed by atoms with van der Waals surface area (Å²) < 4.78 is 0. The SMILES string of the molecule is CCc1c(C)sc2nc(C)nc(Cl)c12. The monoisotopic (exact) mass is 226 g/mol. The maximum Gasteiger partial charge on any atom is 0.141 e. The summed E-state index contributed by atoms with van der Waals surface area (Å²) in [7, 11) is 0. The number of aromatic nitrogens is 2. The van der Waals surface area contributed by atoms with E-state index in [4.69, 9.17) is 11.6 Å². The van der Waals surface area contributed by atoms with Crippen LogP contribution in [-0.2, 0) is 6.42 Å². The minimum absolute atomic E-state index is 0.591. The van der Waals surface area contributed by atoms with Crippen molar-refractivity contribution in [2.45, 2.75) is 27.2 Å². The smallest absolute Gasteiger partial charge is 0.141 e. The maximum absolute atomic E-state index is 6.12. The molecule has 2 rings (SSSR count). The molecular weight excluding hydrogens is 216 g/mol. The highest BCUT2D eigenvalue weighted by atomic mass is 35.5. The maximum atomic E-state index is 6.12. The van der Waals surface area contributed by atoms with Gasteiger partial charge >= 0.3 is 0 Å². The van der Waals surface area contributed by atoms with Crippen LogP contribution in [-0.4, -0.2) is 9.97 Å². The Kier molecular flexibility index (Phi) is 2.45. The standard InChI is InChI=1S/C10H11ClN2S/c1-4-7-5(2)14-10-8(7)9(11)12-6(3)13-10/h4H2,1-3H3. The van der Waals surface area contributed by atoms with Crippen molar-refractivity contribution in [3.05, 3.63) is 21.4 Å². The Labute approximate surface area is 92.0 Å². The molecule has 0 amide bonds. The number of nitrogens with zero attached hydrogens (tertiary/aromatic N) is 2. The molecule has 0 aliphatic carbocycles. The lowest BCUT2D eigenvalue weighted by atomic mass is 10.1. The van der Waals surface area contributed by atoms with Crippen LogP contribution in [0.4, 0.5) is 0 Å². The van der Waals surface area contributed by atoms with Crippen molar-refractivity contribution in [1.82, 2.24) is 9.97 Å². The molecular formula is C10H11ClN2S. The van der Waals surface area contributed by atoms with Crippen LogP contribution in [0.3, 0.4) is 0 Å². The van der Waals surface area contributed by atoms with Crippen LogP contribution >= 0.6 is 22.9 Å². The number of rotatable bonds is 1. The molecule has 2 heterocycles. The van der Waals surface area contributed by atoms with Crippen LogP contribution < -0.4 is 0 Å². The quantitative estimate of drug-likeness (QED) is 0.696. The fourth-order valence-corrected chi connectivity index (χ4v) is 3.19. The Morgan fingerprint density at radius 3 is 2.64 bits per heavy atom. The van der Waals surface area contributed by atoms with Crippen LogP contribution in [0.5, 0.6) is 0 Å². The first kappa shape index (κ1) is 9.87. The lowest BCUT2D eigenvalue weighted by Crippen LogP contribution is -1.89. The van der Waals surface area contributed by atoms with Crippen molar-refractivity contribution in [3.8, 4) is 0 Å². The lowest BCUT2D eigenvalue weighted by molar-refractivity contribution is 1.09. The highest BCUT2D eigenvalue weighted by molar-refractivity contribution is 7.18. The molecule has 2 aromatic rings. The van der Waals surface area contributed by atoms with Crippen molar-refractivity contribution in [2.24, 2.45) is 0 Å². The van der Waals surface area contributed by atoms with Gasteiger partial charge in [0.1, 0.15) is 15.8 Å². The zero-order valence-corrected chi connectivity index (χ0v) is 9.96. The van der Waals surface area contributed by atoms with Crippen LogP contribution in [0.2, 0.25) is 5.15 Å². The molecule has 14 heavy (non-hydrogen) atoms. The first-order valence-corrected chi connectivity index (χ1v) is 5.75. The van der Waals surface area contributed by atoms with Gasteiger partial charge in [0.05, 0.1) is 5.39 Å². The van der Waals surface area contributed by atoms with E-state index < -0.39 is 0 Å². The predicted octanol–water partition coefficient (Wildman–Crippen LogP) is 3.52. The third-order valence-corrected chi connectivity index (χ3v) is 3.59. The summed E-state index contributed by atoms with van der Waals surface area (Å²) in [5, 5.41) is 1.64. The van der Waals surface area contributed by atoms with Crippen LogP contribution in [0.25, 0.3) is 10.2 Å². The lowest BCUT2D eigenvalue weighted by Gasteiger charge is -1.98. The van der Waals surface area contributed by atoms with E-state index in [0.29, 0.717) is 5.15 Å². The number of halogens is 1. The van der Waals surface area contributed by atoms with E-state index in [9.17, 15) is 0 Å². The zero-order valence-electron chi connectivity index (χ0n) is 8.39. The van der Waals surface area contributed by atoms with Crippen LogP contribution in [0, 0.1) is 13.8 Å². The first-order valence-electron chi connectivity index (χ1n) is 4.55. The van der Waals surface area contributed by atoms with E-state index in [1.54, 1.807) is 11.3 Å². The molecule has 0 unspecified atom stereocenters. The van der Waals surface area contributed by atoms with Gasteiger partial charge in [-0.1, -0.05) is 18.5 Å². The van der Waals surface area contributed by atoms with Gasteiger partial charge < -0.3 is 0 Å². The number of aryl methyl sites for hydroxylation is 3. The molecule has 0 spiro atoms. The summed E-state index contributed by atoms with van der Waals surface area (Å²) in [4.78, 5) is 10.9. The van der Waals surface area contributed by atoms with Gasteiger partial charge in [-0.3, -0.25) is 0 Å². The molecule has 0 aromatic carbocycles. The van der Waals surface area contributed by atoms with E-state index in [0.717, 1.165) is 22.5 Å². The van der Waals surface area contributed by atoms with Gasteiger partial charge in [-0.15, -0.1) is 11.3 Å². The molecule has 0 saturated carbocycles. The summed E-state index contributed by atoms with van der Waals surface area (Å²) in [6.45, 7) is 6.10. The van der Waals surface area contributed by atoms with Gasteiger partial charge in [0, 0.05) is 4.88 Å². The molecule has 0 aliphatic heterocycles. The molecule has 0 bridgehead atoms.